The molecule has 0 bridgehead atoms. The number of nitrogens with zero attached hydrogens (tertiary/aromatic N) is 2. The van der Waals surface area contributed by atoms with Crippen LogP contribution >= 0.6 is 23.1 Å². The molecule has 156 valence electrons. The lowest BCUT2D eigenvalue weighted by Gasteiger charge is -2.20. The third-order valence-electron chi connectivity index (χ3n) is 6.20. The number of thioether (sulfide) groups is 1. The van der Waals surface area contributed by atoms with Gasteiger partial charge in [0.25, 0.3) is 0 Å². The fourth-order valence-corrected chi connectivity index (χ4v) is 6.34. The Morgan fingerprint density at radius 1 is 1.31 bits per heavy atom. The van der Waals surface area contributed by atoms with Gasteiger partial charge >= 0.3 is 0 Å². The third-order valence-corrected chi connectivity index (χ3v) is 8.29. The Balaban J connectivity index is 1.45. The Bertz CT molecular complexity index is 835. The van der Waals surface area contributed by atoms with Crippen LogP contribution in [0.5, 0.6) is 0 Å². The van der Waals surface area contributed by atoms with E-state index in [0.29, 0.717) is 17.8 Å². The molecule has 2 N–H and O–H groups in total. The van der Waals surface area contributed by atoms with Crippen molar-refractivity contribution in [2.24, 2.45) is 5.92 Å². The van der Waals surface area contributed by atoms with Crippen LogP contribution in [0.4, 0.5) is 5.82 Å². The van der Waals surface area contributed by atoms with Gasteiger partial charge < -0.3 is 10.4 Å². The Hall–Kier alpha value is -1.44. The van der Waals surface area contributed by atoms with E-state index in [1.807, 2.05) is 6.26 Å². The standard InChI is InChI=1S/C22H29N3O2S2/c1-28-19-10-16(9-18(19)26)25-22-17(11-23-13-24-22)21(27)20-8-15(12-29-20)7-14-5-3-2-4-6-14/h8,11-14,16,18-19,26H,2-7,9-10H2,1H3,(H,23,24,25)/t16-,18+,19-/m1/s1. The molecule has 4 rings (SSSR count). The first kappa shape index (κ1) is 20.8. The van der Waals surface area contributed by atoms with Crippen molar-refractivity contribution in [3.63, 3.8) is 0 Å². The van der Waals surface area contributed by atoms with E-state index in [4.69, 9.17) is 0 Å². The van der Waals surface area contributed by atoms with Crippen LogP contribution in [0.3, 0.4) is 0 Å². The number of nitrogens with one attached hydrogen (secondary N) is 1. The number of thiophene rings is 1. The number of aliphatic hydroxyl groups is 1. The summed E-state index contributed by atoms with van der Waals surface area (Å²) in [6.45, 7) is 0. The largest absolute Gasteiger partial charge is 0.392 e. The highest BCUT2D eigenvalue weighted by Crippen LogP contribution is 2.32. The molecule has 0 amide bonds. The monoisotopic (exact) mass is 431 g/mol. The van der Waals surface area contributed by atoms with Crippen LogP contribution in [-0.2, 0) is 6.42 Å². The van der Waals surface area contributed by atoms with E-state index >= 15 is 0 Å². The Kier molecular flexibility index (Phi) is 6.88. The lowest BCUT2D eigenvalue weighted by molar-refractivity contribution is 0.104. The normalized spacial score (nSPS) is 25.2. The molecule has 0 unspecified atom stereocenters. The molecule has 3 atom stereocenters. The number of aromatic nitrogens is 2. The number of anilines is 1. The molecule has 5 nitrogen and oxygen atoms in total. The second kappa shape index (κ2) is 9.58. The van der Waals surface area contributed by atoms with Crippen LogP contribution in [0.2, 0.25) is 0 Å². The zero-order valence-corrected chi connectivity index (χ0v) is 18.5. The smallest absolute Gasteiger partial charge is 0.208 e. The SMILES string of the molecule is CS[C@@H]1C[C@H](Nc2ncncc2C(=O)c2cc(CC3CCCCC3)cs2)C[C@@H]1O. The summed E-state index contributed by atoms with van der Waals surface area (Å²) in [7, 11) is 0. The third kappa shape index (κ3) is 5.01. The van der Waals surface area contributed by atoms with Crippen molar-refractivity contribution in [2.75, 3.05) is 11.6 Å². The number of aliphatic hydroxyl groups excluding tert-OH is 1. The van der Waals surface area contributed by atoms with Crippen LogP contribution in [-0.4, -0.2) is 44.5 Å². The Morgan fingerprint density at radius 3 is 2.90 bits per heavy atom. The maximum absolute atomic E-state index is 13.2. The number of ketones is 1. The predicted molar refractivity (Wildman–Crippen MR) is 120 cm³/mol. The van der Waals surface area contributed by atoms with Crippen molar-refractivity contribution >= 4 is 34.7 Å². The highest BCUT2D eigenvalue weighted by molar-refractivity contribution is 7.99. The van der Waals surface area contributed by atoms with E-state index in [-0.39, 0.29) is 23.2 Å². The first-order valence-corrected chi connectivity index (χ1v) is 12.7. The highest BCUT2D eigenvalue weighted by Gasteiger charge is 2.33. The molecule has 2 fully saturated rings. The molecule has 2 aromatic rings. The van der Waals surface area contributed by atoms with Gasteiger partial charge in [0.1, 0.15) is 12.1 Å². The van der Waals surface area contributed by atoms with Crippen molar-refractivity contribution in [3.05, 3.63) is 40.0 Å². The van der Waals surface area contributed by atoms with Crippen molar-refractivity contribution in [3.8, 4) is 0 Å². The molecule has 2 aromatic heterocycles. The quantitative estimate of drug-likeness (QED) is 0.626. The molecule has 0 radical (unpaired) electrons. The number of hydrogen-bond donors (Lipinski definition) is 2. The average molecular weight is 432 g/mol. The molecule has 2 saturated carbocycles. The summed E-state index contributed by atoms with van der Waals surface area (Å²) in [6.07, 6.45) is 14.1. The minimum atomic E-state index is -0.317. The molecular formula is C22H29N3O2S2. The lowest BCUT2D eigenvalue weighted by atomic mass is 9.85. The van der Waals surface area contributed by atoms with Gasteiger partial charge in [0.05, 0.1) is 16.5 Å². The van der Waals surface area contributed by atoms with Crippen molar-refractivity contribution in [1.82, 2.24) is 9.97 Å². The first-order chi connectivity index (χ1) is 14.1. The number of carbonyl (C=O) groups is 1. The number of carbonyl (C=O) groups excluding carboxylic acids is 1. The molecule has 0 spiro atoms. The fourth-order valence-electron chi connectivity index (χ4n) is 4.61. The average Bonchev–Trinajstić information content (AvgIpc) is 3.35. The van der Waals surface area contributed by atoms with Gasteiger partial charge in [-0.3, -0.25) is 4.79 Å². The maximum Gasteiger partial charge on any atom is 0.208 e. The summed E-state index contributed by atoms with van der Waals surface area (Å²) >= 11 is 3.21. The van der Waals surface area contributed by atoms with Gasteiger partial charge in [-0.25, -0.2) is 9.97 Å². The van der Waals surface area contributed by atoms with E-state index in [0.717, 1.165) is 23.6 Å². The van der Waals surface area contributed by atoms with Crippen LogP contribution in [0.15, 0.2) is 24.0 Å². The van der Waals surface area contributed by atoms with Gasteiger partial charge in [-0.2, -0.15) is 11.8 Å². The lowest BCUT2D eigenvalue weighted by Crippen LogP contribution is -2.20. The first-order valence-electron chi connectivity index (χ1n) is 10.5. The highest BCUT2D eigenvalue weighted by atomic mass is 32.2. The topological polar surface area (TPSA) is 75.1 Å². The van der Waals surface area contributed by atoms with Gasteiger partial charge in [0, 0.05) is 17.5 Å². The van der Waals surface area contributed by atoms with Gasteiger partial charge in [0.15, 0.2) is 0 Å². The van der Waals surface area contributed by atoms with Gasteiger partial charge in [-0.05, 0) is 48.4 Å². The summed E-state index contributed by atoms with van der Waals surface area (Å²) in [6, 6.07) is 2.18. The molecule has 2 heterocycles. The van der Waals surface area contributed by atoms with E-state index in [1.165, 1.54) is 55.3 Å². The second-order valence-corrected chi connectivity index (χ2v) is 10.3. The summed E-state index contributed by atoms with van der Waals surface area (Å²) in [5, 5.41) is 15.9. The van der Waals surface area contributed by atoms with Crippen LogP contribution in [0.25, 0.3) is 0 Å². The fraction of sp³-hybridized carbons (Fsp3) is 0.591. The predicted octanol–water partition coefficient (Wildman–Crippen LogP) is 4.56. The van der Waals surface area contributed by atoms with E-state index in [2.05, 4.69) is 26.7 Å². The molecule has 2 aliphatic rings. The summed E-state index contributed by atoms with van der Waals surface area (Å²) in [5.41, 5.74) is 1.79. The minimum absolute atomic E-state index is 0.0204. The zero-order valence-electron chi connectivity index (χ0n) is 16.8. The summed E-state index contributed by atoms with van der Waals surface area (Å²) in [5.74, 6) is 1.32. The second-order valence-electron chi connectivity index (χ2n) is 8.30. The van der Waals surface area contributed by atoms with Gasteiger partial charge in [-0.1, -0.05) is 32.1 Å². The summed E-state index contributed by atoms with van der Waals surface area (Å²) in [4.78, 5) is 22.4. The van der Waals surface area contributed by atoms with Gasteiger partial charge in [-0.15, -0.1) is 11.3 Å². The van der Waals surface area contributed by atoms with E-state index in [1.54, 1.807) is 18.0 Å². The van der Waals surface area contributed by atoms with Crippen molar-refractivity contribution in [2.45, 2.75) is 68.8 Å². The minimum Gasteiger partial charge on any atom is -0.392 e. The molecule has 0 aliphatic heterocycles. The van der Waals surface area contributed by atoms with Gasteiger partial charge in [0.2, 0.25) is 5.78 Å². The van der Waals surface area contributed by atoms with Crippen LogP contribution in [0, 0.1) is 5.92 Å². The molecule has 0 aromatic carbocycles. The number of hydrogen-bond acceptors (Lipinski definition) is 7. The molecular weight excluding hydrogens is 402 g/mol. The van der Waals surface area contributed by atoms with E-state index in [9.17, 15) is 9.90 Å². The summed E-state index contributed by atoms with van der Waals surface area (Å²) < 4.78 is 0. The molecule has 29 heavy (non-hydrogen) atoms. The zero-order chi connectivity index (χ0) is 20.2. The van der Waals surface area contributed by atoms with Crippen LogP contribution in [0.1, 0.15) is 65.7 Å². The molecule has 2 aliphatic carbocycles. The number of rotatable bonds is 7. The van der Waals surface area contributed by atoms with Crippen molar-refractivity contribution < 1.29 is 9.90 Å². The molecule has 7 heteroatoms. The van der Waals surface area contributed by atoms with Crippen molar-refractivity contribution in [1.29, 1.82) is 0 Å². The maximum atomic E-state index is 13.2. The van der Waals surface area contributed by atoms with E-state index < -0.39 is 0 Å². The molecule has 0 saturated heterocycles. The Labute approximate surface area is 180 Å². The van der Waals surface area contributed by atoms with Crippen LogP contribution < -0.4 is 5.32 Å². The Morgan fingerprint density at radius 2 is 2.14 bits per heavy atom.